The van der Waals surface area contributed by atoms with Crippen molar-refractivity contribution in [1.82, 2.24) is 10.2 Å². The van der Waals surface area contributed by atoms with Crippen molar-refractivity contribution < 1.29 is 22.5 Å². The average Bonchev–Trinajstić information content (AvgIpc) is 3.39. The van der Waals surface area contributed by atoms with Gasteiger partial charge in [0.1, 0.15) is 6.04 Å². The first kappa shape index (κ1) is 33.5. The highest BCUT2D eigenvalue weighted by molar-refractivity contribution is 7.93. The highest BCUT2D eigenvalue weighted by Crippen LogP contribution is 2.37. The van der Waals surface area contributed by atoms with Crippen LogP contribution in [0.3, 0.4) is 0 Å². The summed E-state index contributed by atoms with van der Waals surface area (Å²) in [6.45, 7) is 15.1. The van der Waals surface area contributed by atoms with E-state index in [2.05, 4.69) is 5.32 Å². The lowest BCUT2D eigenvalue weighted by atomic mass is 9.95. The molecule has 2 aromatic rings. The summed E-state index contributed by atoms with van der Waals surface area (Å²) in [6.07, 6.45) is 2.95. The molecule has 4 N–H and O–H groups in total. The van der Waals surface area contributed by atoms with E-state index >= 15 is 0 Å². The normalized spacial score (nSPS) is 21.6. The average molecular weight is 626 g/mol. The van der Waals surface area contributed by atoms with Crippen LogP contribution in [0.1, 0.15) is 67.3 Å². The molecule has 0 bridgehead atoms. The molecule has 2 saturated heterocycles. The molecule has 2 fully saturated rings. The number of nitrogens with two attached hydrogens (primary N) is 1. The Kier molecular flexibility index (Phi) is 9.80. The van der Waals surface area contributed by atoms with Crippen molar-refractivity contribution in [2.75, 3.05) is 30.5 Å². The van der Waals surface area contributed by atoms with Crippen molar-refractivity contribution in [3.05, 3.63) is 58.1 Å². The zero-order chi connectivity index (χ0) is 32.6. The first-order chi connectivity index (χ1) is 20.7. The number of anilines is 1. The molecule has 0 radical (unpaired) electrons. The summed E-state index contributed by atoms with van der Waals surface area (Å²) in [5.41, 5.74) is 10.2. The molecule has 4 rings (SSSR count). The monoisotopic (exact) mass is 625 g/mol. The SMILES string of the molecule is Cc1c(C)c(C)c(S(=O)(=O)N(c2ccccc2)[C@@H](C)C(=O)[N+]2(C(=O)NCC3CCN(C(=N)N)CC3)CCC[C@H]2C)c(C)c1C. The van der Waals surface area contributed by atoms with Gasteiger partial charge in [-0.2, -0.15) is 4.48 Å². The summed E-state index contributed by atoms with van der Waals surface area (Å²) in [6, 6.07) is 6.91. The largest absolute Gasteiger partial charge is 0.424 e. The van der Waals surface area contributed by atoms with Crippen molar-refractivity contribution in [2.45, 2.75) is 91.1 Å². The lowest BCUT2D eigenvalue weighted by Crippen LogP contribution is -2.67. The van der Waals surface area contributed by atoms with Crippen molar-refractivity contribution in [3.8, 4) is 0 Å². The van der Waals surface area contributed by atoms with E-state index in [1.807, 2.05) is 52.5 Å². The van der Waals surface area contributed by atoms with Crippen LogP contribution in [0.5, 0.6) is 0 Å². The van der Waals surface area contributed by atoms with E-state index in [1.165, 1.54) is 4.31 Å². The van der Waals surface area contributed by atoms with Gasteiger partial charge in [-0.05, 0) is 107 Å². The lowest BCUT2D eigenvalue weighted by Gasteiger charge is -2.39. The van der Waals surface area contributed by atoms with Gasteiger partial charge >= 0.3 is 11.9 Å². The predicted molar refractivity (Wildman–Crippen MR) is 174 cm³/mol. The Bertz CT molecular complexity index is 1510. The van der Waals surface area contributed by atoms with Crippen molar-refractivity contribution in [2.24, 2.45) is 11.7 Å². The number of amides is 3. The molecular weight excluding hydrogens is 576 g/mol. The molecule has 2 aliphatic heterocycles. The Balaban J connectivity index is 1.71. The Hall–Kier alpha value is -3.44. The van der Waals surface area contributed by atoms with Gasteiger partial charge in [0, 0.05) is 32.5 Å². The number of quaternary nitrogens is 1. The Labute approximate surface area is 262 Å². The number of likely N-dealkylation sites (tertiary alicyclic amines) is 2. The summed E-state index contributed by atoms with van der Waals surface area (Å²) in [4.78, 5) is 30.8. The van der Waals surface area contributed by atoms with E-state index in [0.29, 0.717) is 55.8 Å². The molecular formula is C33H49N6O4S+. The molecule has 0 aromatic heterocycles. The number of nitrogens with zero attached hydrogens (tertiary/aromatic N) is 3. The molecule has 10 nitrogen and oxygen atoms in total. The first-order valence-electron chi connectivity index (χ1n) is 15.6. The summed E-state index contributed by atoms with van der Waals surface area (Å²) in [7, 11) is -4.22. The number of sulfonamides is 1. The van der Waals surface area contributed by atoms with Crippen LogP contribution in [0.25, 0.3) is 0 Å². The van der Waals surface area contributed by atoms with Crippen LogP contribution < -0.4 is 15.4 Å². The third-order valence-corrected chi connectivity index (χ3v) is 12.5. The molecule has 2 aliphatic rings. The molecule has 2 heterocycles. The summed E-state index contributed by atoms with van der Waals surface area (Å²) >= 11 is 0. The molecule has 240 valence electrons. The van der Waals surface area contributed by atoms with Crippen LogP contribution in [-0.2, 0) is 14.8 Å². The van der Waals surface area contributed by atoms with Gasteiger partial charge in [-0.1, -0.05) is 18.2 Å². The number of nitrogens with one attached hydrogen (secondary N) is 2. The Morgan fingerprint density at radius 1 is 1.00 bits per heavy atom. The van der Waals surface area contributed by atoms with E-state index < -0.39 is 26.5 Å². The van der Waals surface area contributed by atoms with Crippen LogP contribution in [0.2, 0.25) is 0 Å². The van der Waals surface area contributed by atoms with Gasteiger partial charge in [-0.3, -0.25) is 5.41 Å². The number of imide groups is 1. The molecule has 3 amide bonds. The summed E-state index contributed by atoms with van der Waals surface area (Å²) in [5.74, 6) is -0.163. The minimum absolute atomic E-state index is 0.0572. The number of carbonyl (C=O) groups is 2. The van der Waals surface area contributed by atoms with Gasteiger partial charge in [-0.15, -0.1) is 0 Å². The van der Waals surface area contributed by atoms with Crippen LogP contribution in [0, 0.1) is 45.9 Å². The second-order valence-electron chi connectivity index (χ2n) is 12.7. The number of hydrogen-bond acceptors (Lipinski definition) is 5. The predicted octanol–water partition coefficient (Wildman–Crippen LogP) is 4.65. The highest BCUT2D eigenvalue weighted by atomic mass is 32.2. The zero-order valence-corrected chi connectivity index (χ0v) is 28.1. The van der Waals surface area contributed by atoms with Crippen LogP contribution in [0.15, 0.2) is 35.2 Å². The van der Waals surface area contributed by atoms with E-state index in [-0.39, 0.29) is 28.8 Å². The Morgan fingerprint density at radius 2 is 1.55 bits per heavy atom. The summed E-state index contributed by atoms with van der Waals surface area (Å²) in [5, 5.41) is 10.7. The van der Waals surface area contributed by atoms with Gasteiger partial charge in [0.2, 0.25) is 0 Å². The quantitative estimate of drug-likeness (QED) is 0.233. The van der Waals surface area contributed by atoms with Gasteiger partial charge in [0.25, 0.3) is 10.0 Å². The minimum Gasteiger partial charge on any atom is -0.370 e. The van der Waals surface area contributed by atoms with E-state index in [0.717, 1.165) is 29.5 Å². The maximum Gasteiger partial charge on any atom is 0.424 e. The lowest BCUT2D eigenvalue weighted by molar-refractivity contribution is -0.785. The standard InChI is InChI=1S/C33H48N6O4S/c1-21-12-11-19-39(21,33(41)36-20-28-15-17-37(18-16-28)32(34)35)31(40)27(7)38(29-13-9-8-10-14-29)44(42,43)30-25(5)23(3)22(2)24(4)26(30)6/h8-10,13-14,21,27-28H,11-12,15-20H2,1-7H3,(H3-,34,35,36,41)/p+1/t21-,27+,39?/m1/s1. The molecule has 3 atom stereocenters. The maximum absolute atomic E-state index is 14.8. The number of piperidine rings is 1. The molecule has 0 spiro atoms. The molecule has 44 heavy (non-hydrogen) atoms. The van der Waals surface area contributed by atoms with E-state index in [1.54, 1.807) is 31.2 Å². The Morgan fingerprint density at radius 3 is 2.05 bits per heavy atom. The van der Waals surface area contributed by atoms with Gasteiger partial charge in [0.05, 0.1) is 17.1 Å². The van der Waals surface area contributed by atoms with Crippen LogP contribution in [-0.4, -0.2) is 74.0 Å². The molecule has 11 heteroatoms. The number of carbonyl (C=O) groups excluding carboxylic acids is 2. The summed E-state index contributed by atoms with van der Waals surface area (Å²) < 4.78 is 30.3. The fourth-order valence-electron chi connectivity index (χ4n) is 7.09. The van der Waals surface area contributed by atoms with Gasteiger partial charge in [0.15, 0.2) is 12.0 Å². The molecule has 1 unspecified atom stereocenters. The fraction of sp³-hybridized carbons (Fsp3) is 0.545. The molecule has 0 aliphatic carbocycles. The van der Waals surface area contributed by atoms with Crippen molar-refractivity contribution in [1.29, 1.82) is 5.41 Å². The highest BCUT2D eigenvalue weighted by Gasteiger charge is 2.56. The zero-order valence-electron chi connectivity index (χ0n) is 27.2. The molecule has 2 aromatic carbocycles. The second kappa shape index (κ2) is 12.9. The topological polar surface area (TPSA) is 137 Å². The van der Waals surface area contributed by atoms with Crippen LogP contribution in [0.4, 0.5) is 10.5 Å². The number of rotatable bonds is 7. The van der Waals surface area contributed by atoms with Crippen molar-refractivity contribution in [3.63, 3.8) is 0 Å². The maximum atomic E-state index is 14.8. The smallest absolute Gasteiger partial charge is 0.370 e. The number of para-hydroxylation sites is 1. The number of urea groups is 1. The third kappa shape index (κ3) is 5.83. The third-order valence-electron chi connectivity index (χ3n) is 10.3. The number of benzene rings is 2. The van der Waals surface area contributed by atoms with E-state index in [9.17, 15) is 18.0 Å². The van der Waals surface area contributed by atoms with Crippen molar-refractivity contribution >= 4 is 33.6 Å². The van der Waals surface area contributed by atoms with Gasteiger partial charge in [-0.25, -0.2) is 22.3 Å². The van der Waals surface area contributed by atoms with Crippen LogP contribution >= 0.6 is 0 Å². The number of hydrogen-bond donors (Lipinski definition) is 3. The first-order valence-corrected chi connectivity index (χ1v) is 17.1. The fourth-order valence-corrected chi connectivity index (χ4v) is 9.27. The van der Waals surface area contributed by atoms with E-state index in [4.69, 9.17) is 11.1 Å². The number of guanidine groups is 1. The minimum atomic E-state index is -4.22. The molecule has 0 saturated carbocycles. The second-order valence-corrected chi connectivity index (χ2v) is 14.4. The van der Waals surface area contributed by atoms with Gasteiger partial charge < -0.3 is 16.0 Å².